The Morgan fingerprint density at radius 1 is 1.11 bits per heavy atom. The molecule has 27 heavy (non-hydrogen) atoms. The molecule has 5 nitrogen and oxygen atoms in total. The van der Waals surface area contributed by atoms with Gasteiger partial charge in [0.15, 0.2) is 6.61 Å². The number of benzene rings is 1. The van der Waals surface area contributed by atoms with Crippen LogP contribution in [0.1, 0.15) is 64.7 Å². The van der Waals surface area contributed by atoms with Crippen LogP contribution in [-0.4, -0.2) is 30.1 Å². The van der Waals surface area contributed by atoms with E-state index in [-0.39, 0.29) is 29.8 Å². The summed E-state index contributed by atoms with van der Waals surface area (Å²) in [5.41, 5.74) is 2.26. The number of phenolic OH excluding ortho intramolecular Hbond substituents is 1. The van der Waals surface area contributed by atoms with Crippen LogP contribution in [0.25, 0.3) is 0 Å². The van der Waals surface area contributed by atoms with Crippen LogP contribution in [0, 0.1) is 0 Å². The van der Waals surface area contributed by atoms with Gasteiger partial charge in [0.2, 0.25) is 0 Å². The summed E-state index contributed by atoms with van der Waals surface area (Å²) in [5, 5.41) is 13.3. The Hall–Kier alpha value is -2.30. The lowest BCUT2D eigenvalue weighted by Crippen LogP contribution is -2.28. The van der Waals surface area contributed by atoms with Crippen molar-refractivity contribution in [1.82, 2.24) is 5.32 Å². The van der Waals surface area contributed by atoms with Crippen LogP contribution in [0.5, 0.6) is 5.75 Å². The molecule has 0 radical (unpaired) electrons. The number of hydrogen-bond donors (Lipinski definition) is 2. The highest BCUT2D eigenvalue weighted by Crippen LogP contribution is 2.39. The molecule has 0 aromatic heterocycles. The zero-order valence-corrected chi connectivity index (χ0v) is 17.4. The maximum absolute atomic E-state index is 12.0. The number of aryl methyl sites for hydroxylation is 1. The fraction of sp³-hybridized carbons (Fsp3) is 0.545. The van der Waals surface area contributed by atoms with E-state index in [0.29, 0.717) is 18.7 Å². The molecule has 1 aromatic rings. The fourth-order valence-corrected chi connectivity index (χ4v) is 2.68. The number of nitrogens with one attached hydrogen (secondary N) is 1. The van der Waals surface area contributed by atoms with Gasteiger partial charge in [-0.25, -0.2) is 0 Å². The predicted octanol–water partition coefficient (Wildman–Crippen LogP) is 3.77. The summed E-state index contributed by atoms with van der Waals surface area (Å²) in [6.45, 7) is 15.9. The maximum Gasteiger partial charge on any atom is 0.306 e. The van der Waals surface area contributed by atoms with Crippen molar-refractivity contribution in [2.45, 2.75) is 65.2 Å². The first kappa shape index (κ1) is 22.7. The van der Waals surface area contributed by atoms with E-state index in [1.165, 1.54) is 0 Å². The van der Waals surface area contributed by atoms with Crippen molar-refractivity contribution in [3.05, 3.63) is 41.5 Å². The van der Waals surface area contributed by atoms with E-state index in [1.54, 1.807) is 6.08 Å². The van der Waals surface area contributed by atoms with Crippen LogP contribution >= 0.6 is 0 Å². The van der Waals surface area contributed by atoms with Crippen LogP contribution < -0.4 is 5.32 Å². The second kappa shape index (κ2) is 9.07. The molecule has 0 heterocycles. The first-order chi connectivity index (χ1) is 12.4. The molecule has 0 unspecified atom stereocenters. The number of rotatable bonds is 7. The van der Waals surface area contributed by atoms with Gasteiger partial charge in [0.25, 0.3) is 5.91 Å². The Kier molecular flexibility index (Phi) is 7.64. The molecule has 0 fully saturated rings. The molecule has 0 saturated heterocycles. The third-order valence-corrected chi connectivity index (χ3v) is 4.21. The van der Waals surface area contributed by atoms with Crippen molar-refractivity contribution in [3.63, 3.8) is 0 Å². The fourth-order valence-electron chi connectivity index (χ4n) is 2.68. The molecular weight excluding hydrogens is 342 g/mol. The molecular formula is C22H33NO4. The lowest BCUT2D eigenvalue weighted by molar-refractivity contribution is -0.148. The van der Waals surface area contributed by atoms with Crippen LogP contribution in [0.2, 0.25) is 0 Å². The van der Waals surface area contributed by atoms with E-state index in [1.807, 2.05) is 53.7 Å². The Morgan fingerprint density at radius 3 is 2.07 bits per heavy atom. The normalized spacial score (nSPS) is 11.8. The third-order valence-electron chi connectivity index (χ3n) is 4.21. The number of phenols is 1. The highest BCUT2D eigenvalue weighted by atomic mass is 16.5. The van der Waals surface area contributed by atoms with Crippen LogP contribution in [0.15, 0.2) is 24.8 Å². The van der Waals surface area contributed by atoms with E-state index in [0.717, 1.165) is 16.7 Å². The van der Waals surface area contributed by atoms with Gasteiger partial charge < -0.3 is 15.2 Å². The summed E-state index contributed by atoms with van der Waals surface area (Å²) in [6, 6.07) is 3.91. The van der Waals surface area contributed by atoms with Gasteiger partial charge in [0.05, 0.1) is 0 Å². The van der Waals surface area contributed by atoms with Gasteiger partial charge in [0, 0.05) is 13.0 Å². The molecule has 0 bridgehead atoms. The highest BCUT2D eigenvalue weighted by Gasteiger charge is 2.26. The molecule has 0 spiro atoms. The molecule has 150 valence electrons. The van der Waals surface area contributed by atoms with Gasteiger partial charge in [-0.15, -0.1) is 6.58 Å². The smallest absolute Gasteiger partial charge is 0.306 e. The van der Waals surface area contributed by atoms with Crippen molar-refractivity contribution in [3.8, 4) is 5.75 Å². The zero-order chi connectivity index (χ0) is 20.8. The number of hydrogen-bond acceptors (Lipinski definition) is 4. The van der Waals surface area contributed by atoms with Crippen molar-refractivity contribution in [1.29, 1.82) is 0 Å². The quantitative estimate of drug-likeness (QED) is 0.562. The molecule has 0 aliphatic heterocycles. The molecule has 5 heteroatoms. The van der Waals surface area contributed by atoms with Crippen molar-refractivity contribution in [2.75, 3.05) is 13.2 Å². The Morgan fingerprint density at radius 2 is 1.63 bits per heavy atom. The number of esters is 1. The maximum atomic E-state index is 12.0. The highest BCUT2D eigenvalue weighted by molar-refractivity contribution is 5.80. The Labute approximate surface area is 162 Å². The summed E-state index contributed by atoms with van der Waals surface area (Å²) >= 11 is 0. The molecule has 0 aliphatic rings. The molecule has 1 aromatic carbocycles. The zero-order valence-electron chi connectivity index (χ0n) is 17.4. The summed E-state index contributed by atoms with van der Waals surface area (Å²) in [4.78, 5) is 23.4. The first-order valence-corrected chi connectivity index (χ1v) is 9.26. The van der Waals surface area contributed by atoms with E-state index in [2.05, 4.69) is 11.9 Å². The number of ether oxygens (including phenoxy) is 1. The van der Waals surface area contributed by atoms with Crippen molar-refractivity contribution >= 4 is 11.9 Å². The molecule has 1 rings (SSSR count). The standard InChI is InChI=1S/C22H33NO4/c1-8-11-23-18(24)14-27-19(25)10-9-15-12-16(21(2,3)4)20(26)17(13-15)22(5,6)7/h8,12-13,26H,1,9-11,14H2,2-7H3,(H,23,24). The van der Waals surface area contributed by atoms with Gasteiger partial charge in [-0.05, 0) is 33.9 Å². The summed E-state index contributed by atoms with van der Waals surface area (Å²) < 4.78 is 5.01. The van der Waals surface area contributed by atoms with Gasteiger partial charge in [-0.1, -0.05) is 59.8 Å². The number of carbonyl (C=O) groups excluding carboxylic acids is 2. The van der Waals surface area contributed by atoms with Crippen LogP contribution in [0.4, 0.5) is 0 Å². The Bertz CT molecular complexity index is 658. The van der Waals surface area contributed by atoms with E-state index >= 15 is 0 Å². The number of amides is 1. The van der Waals surface area contributed by atoms with E-state index in [9.17, 15) is 14.7 Å². The monoisotopic (exact) mass is 375 g/mol. The molecule has 2 N–H and O–H groups in total. The summed E-state index contributed by atoms with van der Waals surface area (Å²) in [6.07, 6.45) is 2.22. The molecule has 0 atom stereocenters. The molecule has 0 aliphatic carbocycles. The summed E-state index contributed by atoms with van der Waals surface area (Å²) in [7, 11) is 0. The molecule has 0 saturated carbocycles. The SMILES string of the molecule is C=CCNC(=O)COC(=O)CCc1cc(C(C)(C)C)c(O)c(C(C)(C)C)c1. The second-order valence-electron chi connectivity index (χ2n) is 8.79. The second-order valence-corrected chi connectivity index (χ2v) is 8.79. The predicted molar refractivity (Wildman–Crippen MR) is 108 cm³/mol. The van der Waals surface area contributed by atoms with Gasteiger partial charge >= 0.3 is 5.97 Å². The average molecular weight is 376 g/mol. The molecule has 1 amide bonds. The van der Waals surface area contributed by atoms with Crippen molar-refractivity contribution < 1.29 is 19.4 Å². The lowest BCUT2D eigenvalue weighted by Gasteiger charge is -2.28. The Balaban J connectivity index is 2.87. The third kappa shape index (κ3) is 7.08. The minimum atomic E-state index is -0.425. The van der Waals surface area contributed by atoms with Gasteiger partial charge in [-0.2, -0.15) is 0 Å². The van der Waals surface area contributed by atoms with E-state index < -0.39 is 5.97 Å². The lowest BCUT2D eigenvalue weighted by atomic mass is 9.78. The van der Waals surface area contributed by atoms with Gasteiger partial charge in [-0.3, -0.25) is 9.59 Å². The van der Waals surface area contributed by atoms with Gasteiger partial charge in [0.1, 0.15) is 5.75 Å². The minimum absolute atomic E-state index is 0.173. The van der Waals surface area contributed by atoms with E-state index in [4.69, 9.17) is 4.74 Å². The largest absolute Gasteiger partial charge is 0.507 e. The number of aromatic hydroxyl groups is 1. The van der Waals surface area contributed by atoms with Crippen molar-refractivity contribution in [2.24, 2.45) is 0 Å². The van der Waals surface area contributed by atoms with Crippen LogP contribution in [0.3, 0.4) is 0 Å². The average Bonchev–Trinajstić information content (AvgIpc) is 2.54. The minimum Gasteiger partial charge on any atom is -0.507 e. The number of carbonyl (C=O) groups is 2. The topological polar surface area (TPSA) is 75.6 Å². The first-order valence-electron chi connectivity index (χ1n) is 9.26. The van der Waals surface area contributed by atoms with Crippen LogP contribution in [-0.2, 0) is 31.6 Å². The summed E-state index contributed by atoms with van der Waals surface area (Å²) in [5.74, 6) is -0.454.